The van der Waals surface area contributed by atoms with Crippen molar-refractivity contribution in [2.24, 2.45) is 0 Å². The van der Waals surface area contributed by atoms with Crippen molar-refractivity contribution in [3.8, 4) is 0 Å². The number of hydrogen-bond acceptors (Lipinski definition) is 3. The number of carbonyl (C=O) groups is 1. The summed E-state index contributed by atoms with van der Waals surface area (Å²) in [5.41, 5.74) is 0. The minimum absolute atomic E-state index is 0.0150. The Bertz CT molecular complexity index is 686. The van der Waals surface area contributed by atoms with Gasteiger partial charge in [-0.15, -0.1) is 0 Å². The second-order valence-electron chi connectivity index (χ2n) is 8.66. The summed E-state index contributed by atoms with van der Waals surface area (Å²) in [4.78, 5) is 13.3. The molecule has 0 saturated heterocycles. The zero-order valence-corrected chi connectivity index (χ0v) is 19.1. The molecule has 0 aromatic heterocycles. The lowest BCUT2D eigenvalue weighted by atomic mass is 10.2. The molecular weight excluding hydrogens is 362 g/mol. The maximum absolute atomic E-state index is 11.2. The zero-order chi connectivity index (χ0) is 20.6. The van der Waals surface area contributed by atoms with E-state index in [2.05, 4.69) is 86.3 Å². The third kappa shape index (κ3) is 5.63. The highest BCUT2D eigenvalue weighted by molar-refractivity contribution is 6.99. The minimum atomic E-state index is -2.42. The first-order chi connectivity index (χ1) is 13.3. The molecule has 0 heterocycles. The first-order valence-corrected chi connectivity index (χ1v) is 12.1. The molecule has 0 bridgehead atoms. The minimum Gasteiger partial charge on any atom is -0.407 e. The number of hydrogen-bond donors (Lipinski definition) is 0. The molecule has 2 rings (SSSR count). The van der Waals surface area contributed by atoms with Crippen LogP contribution in [0.15, 0.2) is 60.7 Å². The predicted molar refractivity (Wildman–Crippen MR) is 121 cm³/mol. The van der Waals surface area contributed by atoms with Gasteiger partial charge in [-0.2, -0.15) is 0 Å². The van der Waals surface area contributed by atoms with Gasteiger partial charge < -0.3 is 4.43 Å². The van der Waals surface area contributed by atoms with Gasteiger partial charge in [0.05, 0.1) is 6.54 Å². The summed E-state index contributed by atoms with van der Waals surface area (Å²) >= 11 is 0. The van der Waals surface area contributed by atoms with Crippen molar-refractivity contribution in [1.29, 1.82) is 0 Å². The van der Waals surface area contributed by atoms with Crippen LogP contribution in [0, 0.1) is 0 Å². The molecule has 2 aromatic carbocycles. The molecule has 0 fully saturated rings. The smallest absolute Gasteiger partial charge is 0.261 e. The van der Waals surface area contributed by atoms with Crippen molar-refractivity contribution in [1.82, 2.24) is 4.90 Å². The van der Waals surface area contributed by atoms with E-state index in [9.17, 15) is 4.79 Å². The van der Waals surface area contributed by atoms with Crippen molar-refractivity contribution < 1.29 is 9.22 Å². The van der Waals surface area contributed by atoms with Crippen molar-refractivity contribution in [3.63, 3.8) is 0 Å². The largest absolute Gasteiger partial charge is 0.407 e. The Morgan fingerprint density at radius 2 is 1.43 bits per heavy atom. The molecule has 4 heteroatoms. The lowest BCUT2D eigenvalue weighted by Crippen LogP contribution is -2.66. The molecule has 0 N–H and O–H groups in total. The summed E-state index contributed by atoms with van der Waals surface area (Å²) in [5.74, 6) is 0.214. The first kappa shape index (κ1) is 22.5. The summed E-state index contributed by atoms with van der Waals surface area (Å²) in [6, 6.07) is 21.5. The highest BCUT2D eigenvalue weighted by atomic mass is 28.4. The molecule has 0 aliphatic heterocycles. The number of benzene rings is 2. The van der Waals surface area contributed by atoms with E-state index >= 15 is 0 Å². The van der Waals surface area contributed by atoms with Gasteiger partial charge in [0, 0.05) is 6.61 Å². The molecule has 28 heavy (non-hydrogen) atoms. The lowest BCUT2D eigenvalue weighted by Gasteiger charge is -2.43. The fraction of sp³-hybridized carbons (Fsp3) is 0.458. The van der Waals surface area contributed by atoms with E-state index in [1.165, 1.54) is 10.4 Å². The van der Waals surface area contributed by atoms with Crippen LogP contribution < -0.4 is 10.4 Å². The molecule has 152 valence electrons. The van der Waals surface area contributed by atoms with Gasteiger partial charge in [-0.25, -0.2) is 0 Å². The van der Waals surface area contributed by atoms with Crippen molar-refractivity contribution >= 4 is 24.5 Å². The first-order valence-electron chi connectivity index (χ1n) is 10.2. The SMILES string of the molecule is CC(=O)CN(C)CCCCO[Si](c1ccccc1)(c1ccccc1)C(C)(C)C. The standard InChI is InChI=1S/C24H35NO2Si/c1-21(26)20-25(5)18-12-13-19-27-28(24(2,3)4,22-14-8-6-9-15-22)23-16-10-7-11-17-23/h6-11,14-17H,12-13,18-20H2,1-5H3. The van der Waals surface area contributed by atoms with Gasteiger partial charge in [-0.05, 0) is 48.8 Å². The number of nitrogens with zero attached hydrogens (tertiary/aromatic N) is 1. The fourth-order valence-electron chi connectivity index (χ4n) is 3.93. The van der Waals surface area contributed by atoms with Crippen LogP contribution in [0.4, 0.5) is 0 Å². The number of Topliss-reactive ketones (excluding diaryl/α,β-unsaturated/α-hetero) is 1. The van der Waals surface area contributed by atoms with Crippen molar-refractivity contribution in [3.05, 3.63) is 60.7 Å². The van der Waals surface area contributed by atoms with Crippen LogP contribution in [0.3, 0.4) is 0 Å². The molecule has 0 saturated carbocycles. The molecular formula is C24H35NO2Si. The highest BCUT2D eigenvalue weighted by Gasteiger charge is 2.49. The van der Waals surface area contributed by atoms with Gasteiger partial charge in [0.2, 0.25) is 0 Å². The summed E-state index contributed by atoms with van der Waals surface area (Å²) in [5, 5.41) is 2.66. The maximum Gasteiger partial charge on any atom is 0.261 e. The van der Waals surface area contributed by atoms with Crippen molar-refractivity contribution in [2.75, 3.05) is 26.7 Å². The molecule has 0 spiro atoms. The molecule has 2 aromatic rings. The van der Waals surface area contributed by atoms with Gasteiger partial charge in [-0.1, -0.05) is 81.4 Å². The van der Waals surface area contributed by atoms with Crippen LogP contribution in [0.1, 0.15) is 40.5 Å². The molecule has 0 radical (unpaired) electrons. The van der Waals surface area contributed by atoms with E-state index in [4.69, 9.17) is 4.43 Å². The Morgan fingerprint density at radius 3 is 1.86 bits per heavy atom. The van der Waals surface area contributed by atoms with Crippen LogP contribution in [0.5, 0.6) is 0 Å². The van der Waals surface area contributed by atoms with Gasteiger partial charge in [-0.3, -0.25) is 9.69 Å². The molecule has 0 aliphatic rings. The lowest BCUT2D eigenvalue weighted by molar-refractivity contribution is -0.117. The molecule has 0 unspecified atom stereocenters. The van der Waals surface area contributed by atoms with Crippen LogP contribution in [0.25, 0.3) is 0 Å². The molecule has 3 nitrogen and oxygen atoms in total. The Labute approximate surface area is 171 Å². The Balaban J connectivity index is 2.19. The van der Waals surface area contributed by atoms with Crippen LogP contribution in [0.2, 0.25) is 5.04 Å². The summed E-state index contributed by atoms with van der Waals surface area (Å²) in [6.07, 6.45) is 2.02. The Kier molecular flexibility index (Phi) is 8.17. The highest BCUT2D eigenvalue weighted by Crippen LogP contribution is 2.36. The molecule has 0 aliphatic carbocycles. The second kappa shape index (κ2) is 10.1. The third-order valence-electron chi connectivity index (χ3n) is 5.16. The summed E-state index contributed by atoms with van der Waals surface area (Å²) in [6.45, 7) is 10.7. The van der Waals surface area contributed by atoms with Gasteiger partial charge in [0.1, 0.15) is 5.78 Å². The van der Waals surface area contributed by atoms with Crippen LogP contribution in [-0.2, 0) is 9.22 Å². The summed E-state index contributed by atoms with van der Waals surface area (Å²) in [7, 11) is -0.416. The van der Waals surface area contributed by atoms with E-state index in [0.717, 1.165) is 26.0 Å². The number of ketones is 1. The van der Waals surface area contributed by atoms with Gasteiger partial charge >= 0.3 is 0 Å². The number of rotatable bonds is 10. The number of likely N-dealkylation sites (N-methyl/N-ethyl adjacent to an activating group) is 1. The van der Waals surface area contributed by atoms with E-state index in [1.807, 2.05) is 7.05 Å². The molecule has 0 atom stereocenters. The fourth-order valence-corrected chi connectivity index (χ4v) is 8.54. The Morgan fingerprint density at radius 1 is 0.929 bits per heavy atom. The maximum atomic E-state index is 11.2. The zero-order valence-electron chi connectivity index (χ0n) is 18.1. The van der Waals surface area contributed by atoms with E-state index in [1.54, 1.807) is 6.92 Å². The third-order valence-corrected chi connectivity index (χ3v) is 10.2. The number of unbranched alkanes of at least 4 members (excludes halogenated alkanes) is 1. The average Bonchev–Trinajstić information content (AvgIpc) is 2.64. The van der Waals surface area contributed by atoms with E-state index < -0.39 is 8.32 Å². The summed E-state index contributed by atoms with van der Waals surface area (Å²) < 4.78 is 6.88. The van der Waals surface area contributed by atoms with Crippen LogP contribution >= 0.6 is 0 Å². The van der Waals surface area contributed by atoms with E-state index in [-0.39, 0.29) is 10.8 Å². The van der Waals surface area contributed by atoms with Crippen molar-refractivity contribution in [2.45, 2.75) is 45.6 Å². The monoisotopic (exact) mass is 397 g/mol. The Hall–Kier alpha value is -1.75. The van der Waals surface area contributed by atoms with Crippen LogP contribution in [-0.4, -0.2) is 45.7 Å². The van der Waals surface area contributed by atoms with Gasteiger partial charge in [0.25, 0.3) is 8.32 Å². The topological polar surface area (TPSA) is 29.5 Å². The second-order valence-corrected chi connectivity index (χ2v) is 13.0. The molecule has 0 amide bonds. The quantitative estimate of drug-likeness (QED) is 0.450. The average molecular weight is 398 g/mol. The number of carbonyl (C=O) groups excluding carboxylic acids is 1. The normalized spacial score (nSPS) is 12.4. The van der Waals surface area contributed by atoms with Gasteiger partial charge in [0.15, 0.2) is 0 Å². The predicted octanol–water partition coefficient (Wildman–Crippen LogP) is 3.86. The van der Waals surface area contributed by atoms with E-state index in [0.29, 0.717) is 6.54 Å².